The Hall–Kier alpha value is -2.77. The van der Waals surface area contributed by atoms with Gasteiger partial charge < -0.3 is 24.8 Å². The van der Waals surface area contributed by atoms with Crippen LogP contribution in [0.3, 0.4) is 0 Å². The summed E-state index contributed by atoms with van der Waals surface area (Å²) in [6.07, 6.45) is 6.42. The summed E-state index contributed by atoms with van der Waals surface area (Å²) in [4.78, 5) is 27.9. The molecule has 0 radical (unpaired) electrons. The highest BCUT2D eigenvalue weighted by atomic mass is 35.5. The zero-order valence-electron chi connectivity index (χ0n) is 22.4. The van der Waals surface area contributed by atoms with E-state index in [4.69, 9.17) is 21.1 Å². The first kappa shape index (κ1) is 26.5. The van der Waals surface area contributed by atoms with Gasteiger partial charge in [0.2, 0.25) is 5.91 Å². The van der Waals surface area contributed by atoms with Crippen LogP contribution in [0.2, 0.25) is 5.02 Å². The monoisotopic (exact) mass is 552 g/mol. The van der Waals surface area contributed by atoms with Crippen molar-refractivity contribution in [2.75, 3.05) is 20.3 Å². The molecule has 7 nitrogen and oxygen atoms in total. The van der Waals surface area contributed by atoms with Crippen molar-refractivity contribution in [1.82, 2.24) is 10.2 Å². The molecule has 8 heteroatoms. The van der Waals surface area contributed by atoms with Gasteiger partial charge in [0.05, 0.1) is 12.7 Å². The molecule has 7 rings (SSSR count). The smallest absolute Gasteiger partial charge is 0.258 e. The van der Waals surface area contributed by atoms with Crippen LogP contribution in [-0.4, -0.2) is 53.7 Å². The van der Waals surface area contributed by atoms with Crippen molar-refractivity contribution in [2.24, 2.45) is 23.7 Å². The minimum atomic E-state index is -0.482. The predicted octanol–water partition coefficient (Wildman–Crippen LogP) is 4.37. The third kappa shape index (κ3) is 5.48. The molecule has 1 saturated heterocycles. The fourth-order valence-corrected chi connectivity index (χ4v) is 8.15. The Balaban J connectivity index is 1.00. The molecule has 4 aliphatic carbocycles. The molecule has 1 heterocycles. The first-order valence-electron chi connectivity index (χ1n) is 14.1. The van der Waals surface area contributed by atoms with E-state index in [0.29, 0.717) is 47.5 Å². The quantitative estimate of drug-likeness (QED) is 0.482. The van der Waals surface area contributed by atoms with Gasteiger partial charge in [-0.05, 0) is 98.1 Å². The number of rotatable bonds is 9. The van der Waals surface area contributed by atoms with Gasteiger partial charge in [-0.2, -0.15) is 0 Å². The number of carbonyl (C=O) groups excluding carboxylic acids is 2. The molecule has 208 valence electrons. The lowest BCUT2D eigenvalue weighted by Crippen LogP contribution is -2.62. The summed E-state index contributed by atoms with van der Waals surface area (Å²) < 4.78 is 10.8. The van der Waals surface area contributed by atoms with Crippen LogP contribution >= 0.6 is 11.6 Å². The lowest BCUT2D eigenvalue weighted by molar-refractivity contribution is -0.168. The van der Waals surface area contributed by atoms with E-state index in [-0.39, 0.29) is 24.3 Å². The Morgan fingerprint density at radius 3 is 2.49 bits per heavy atom. The van der Waals surface area contributed by atoms with E-state index >= 15 is 0 Å². The molecular weight excluding hydrogens is 516 g/mol. The van der Waals surface area contributed by atoms with Crippen molar-refractivity contribution in [1.29, 1.82) is 0 Å². The van der Waals surface area contributed by atoms with Crippen molar-refractivity contribution in [3.63, 3.8) is 0 Å². The van der Waals surface area contributed by atoms with Crippen molar-refractivity contribution in [3.05, 3.63) is 58.6 Å². The van der Waals surface area contributed by atoms with Gasteiger partial charge in [0, 0.05) is 30.1 Å². The van der Waals surface area contributed by atoms with E-state index in [1.54, 1.807) is 13.2 Å². The highest BCUT2D eigenvalue weighted by Crippen LogP contribution is 2.57. The fourth-order valence-electron chi connectivity index (χ4n) is 7.90. The largest absolute Gasteiger partial charge is 0.497 e. The van der Waals surface area contributed by atoms with Gasteiger partial charge in [-0.1, -0.05) is 29.8 Å². The van der Waals surface area contributed by atoms with Gasteiger partial charge in [-0.3, -0.25) is 9.59 Å². The molecule has 4 saturated carbocycles. The fraction of sp³-hybridized carbons (Fsp3) is 0.548. The summed E-state index contributed by atoms with van der Waals surface area (Å²) in [6.45, 7) is 1.10. The number of ether oxygens (including phenoxy) is 2. The van der Waals surface area contributed by atoms with Gasteiger partial charge in [-0.15, -0.1) is 0 Å². The zero-order valence-corrected chi connectivity index (χ0v) is 23.2. The minimum Gasteiger partial charge on any atom is -0.497 e. The molecule has 1 aliphatic heterocycles. The summed E-state index contributed by atoms with van der Waals surface area (Å²) in [6, 6.07) is 13.2. The van der Waals surface area contributed by atoms with Gasteiger partial charge in [-0.25, -0.2) is 0 Å². The highest BCUT2D eigenvalue weighted by Gasteiger charge is 2.57. The molecule has 2 aromatic rings. The first-order chi connectivity index (χ1) is 18.8. The van der Waals surface area contributed by atoms with Crippen molar-refractivity contribution in [2.45, 2.75) is 63.1 Å². The number of likely N-dealkylation sites (tertiary alicyclic amines) is 1. The second kappa shape index (κ2) is 10.7. The second-order valence-electron chi connectivity index (χ2n) is 12.1. The molecule has 2 N–H and O–H groups in total. The first-order valence-corrected chi connectivity index (χ1v) is 14.5. The van der Waals surface area contributed by atoms with Crippen LogP contribution in [0.15, 0.2) is 42.5 Å². The number of amides is 2. The van der Waals surface area contributed by atoms with E-state index < -0.39 is 5.60 Å². The Kier molecular flexibility index (Phi) is 7.23. The number of benzene rings is 2. The molecule has 4 bridgehead atoms. The summed E-state index contributed by atoms with van der Waals surface area (Å²) in [5.41, 5.74) is 1.41. The molecule has 2 amide bonds. The number of nitrogens with zero attached hydrogens (tertiary/aromatic N) is 1. The van der Waals surface area contributed by atoms with E-state index in [1.165, 1.54) is 0 Å². The van der Waals surface area contributed by atoms with Crippen molar-refractivity contribution < 1.29 is 24.2 Å². The molecule has 3 unspecified atom stereocenters. The van der Waals surface area contributed by atoms with E-state index in [1.807, 2.05) is 36.4 Å². The number of hydrogen-bond acceptors (Lipinski definition) is 5. The van der Waals surface area contributed by atoms with Crippen molar-refractivity contribution in [3.8, 4) is 11.5 Å². The average molecular weight is 553 g/mol. The number of nitrogens with one attached hydrogen (secondary N) is 1. The van der Waals surface area contributed by atoms with E-state index in [2.05, 4.69) is 10.2 Å². The van der Waals surface area contributed by atoms with Gasteiger partial charge in [0.15, 0.2) is 6.61 Å². The number of aliphatic hydroxyl groups is 1. The predicted molar refractivity (Wildman–Crippen MR) is 148 cm³/mol. The van der Waals surface area contributed by atoms with Crippen LogP contribution in [0.1, 0.15) is 49.7 Å². The number of hydrogen-bond donors (Lipinski definition) is 2. The molecule has 5 aliphatic rings. The topological polar surface area (TPSA) is 88.1 Å². The third-order valence-corrected chi connectivity index (χ3v) is 9.76. The molecule has 3 atom stereocenters. The van der Waals surface area contributed by atoms with Crippen LogP contribution in [0, 0.1) is 23.7 Å². The molecular formula is C31H37ClN2O5. The third-order valence-electron chi connectivity index (χ3n) is 9.41. The Morgan fingerprint density at radius 2 is 1.82 bits per heavy atom. The van der Waals surface area contributed by atoms with Gasteiger partial charge in [0.25, 0.3) is 5.91 Å². The lowest BCUT2D eigenvalue weighted by Gasteiger charge is -2.59. The maximum absolute atomic E-state index is 13.5. The number of halogens is 1. The summed E-state index contributed by atoms with van der Waals surface area (Å²) in [5.74, 6) is 2.76. The summed E-state index contributed by atoms with van der Waals surface area (Å²) in [5, 5.41) is 14.3. The lowest BCUT2D eigenvalue weighted by atomic mass is 9.52. The Morgan fingerprint density at radius 1 is 1.10 bits per heavy atom. The van der Waals surface area contributed by atoms with E-state index in [0.717, 1.165) is 61.9 Å². The SMILES string of the molecule is COc1ccc(CNC(=O)COc2ccc(CC3CCN(C4C5CC6CC4CC(O)(C6)C5)C3=O)c(Cl)c2)cc1. The highest BCUT2D eigenvalue weighted by molar-refractivity contribution is 6.31. The number of methoxy groups -OCH3 is 1. The van der Waals surface area contributed by atoms with E-state index in [9.17, 15) is 14.7 Å². The normalized spacial score (nSPS) is 31.0. The average Bonchev–Trinajstić information content (AvgIpc) is 3.26. The number of carbonyl (C=O) groups is 2. The van der Waals surface area contributed by atoms with Crippen LogP contribution in [0.5, 0.6) is 11.5 Å². The van der Waals surface area contributed by atoms with Crippen LogP contribution in [-0.2, 0) is 22.6 Å². The Bertz CT molecular complexity index is 1220. The summed E-state index contributed by atoms with van der Waals surface area (Å²) in [7, 11) is 1.62. The maximum atomic E-state index is 13.5. The van der Waals surface area contributed by atoms with Crippen molar-refractivity contribution >= 4 is 23.4 Å². The van der Waals surface area contributed by atoms with Crippen LogP contribution < -0.4 is 14.8 Å². The minimum absolute atomic E-state index is 0.0710. The van der Waals surface area contributed by atoms with Gasteiger partial charge in [0.1, 0.15) is 11.5 Å². The maximum Gasteiger partial charge on any atom is 0.258 e. The zero-order chi connectivity index (χ0) is 27.1. The molecule has 39 heavy (non-hydrogen) atoms. The molecule has 2 aromatic carbocycles. The molecule has 5 fully saturated rings. The molecule has 0 aromatic heterocycles. The molecule has 0 spiro atoms. The Labute approximate surface area is 234 Å². The van der Waals surface area contributed by atoms with Gasteiger partial charge >= 0.3 is 0 Å². The summed E-state index contributed by atoms with van der Waals surface area (Å²) >= 11 is 6.59. The standard InChI is InChI=1S/C31H37ClN2O5/c1-38-25-5-2-19(3-6-25)17-33-28(35)18-39-26-7-4-21(27(32)13-26)12-22-8-9-34(30(22)36)29-23-10-20-11-24(29)16-31(37,14-20)15-23/h2-7,13,20,22-24,29,37H,8-12,14-18H2,1H3,(H,33,35). The van der Waals surface area contributed by atoms with Crippen LogP contribution in [0.4, 0.5) is 0 Å². The second-order valence-corrected chi connectivity index (χ2v) is 12.5. The van der Waals surface area contributed by atoms with Crippen LogP contribution in [0.25, 0.3) is 0 Å².